The Bertz CT molecular complexity index is 395. The number of rotatable bonds is 5. The summed E-state index contributed by atoms with van der Waals surface area (Å²) in [5.41, 5.74) is 6.63. The zero-order chi connectivity index (χ0) is 14.0. The first-order valence-electron chi connectivity index (χ1n) is 5.14. The summed E-state index contributed by atoms with van der Waals surface area (Å²) in [6, 6.07) is 7.03. The third-order valence-electron chi connectivity index (χ3n) is 2.09. The van der Waals surface area contributed by atoms with Crippen molar-refractivity contribution in [1.29, 1.82) is 0 Å². The summed E-state index contributed by atoms with van der Waals surface area (Å²) >= 11 is 0. The summed E-state index contributed by atoms with van der Waals surface area (Å²) in [5.74, 6) is -0.436. The third-order valence-corrected chi connectivity index (χ3v) is 2.09. The van der Waals surface area contributed by atoms with E-state index in [0.29, 0.717) is 12.0 Å². The number of hydrogen-bond donors (Lipinski definition) is 3. The van der Waals surface area contributed by atoms with Crippen LogP contribution in [0.25, 0.3) is 0 Å². The molecular weight excluding hydrogens is 493 g/mol. The van der Waals surface area contributed by atoms with Gasteiger partial charge in [0.15, 0.2) is 0 Å². The second-order valence-corrected chi connectivity index (χ2v) is 3.52. The van der Waals surface area contributed by atoms with Crippen LogP contribution in [0.5, 0.6) is 0 Å². The van der Waals surface area contributed by atoms with Gasteiger partial charge in [-0.25, -0.2) is 0 Å². The minimum atomic E-state index is -0.436. The Hall–Kier alpha value is -3.37. The first-order chi connectivity index (χ1) is 8.54. The van der Waals surface area contributed by atoms with Gasteiger partial charge in [-0.3, -0.25) is 9.59 Å². The van der Waals surface area contributed by atoms with Crippen LogP contribution in [0.1, 0.15) is 22.8 Å². The van der Waals surface area contributed by atoms with Crippen LogP contribution in [0.15, 0.2) is 24.3 Å². The Morgan fingerprint density at radius 2 is 1.95 bits per heavy atom. The van der Waals surface area contributed by atoms with E-state index < -0.39 is 5.91 Å². The number of nitrogens with two attached hydrogens (primary N) is 1. The van der Waals surface area contributed by atoms with Crippen LogP contribution in [0, 0.1) is 0 Å². The fourth-order valence-electron chi connectivity index (χ4n) is 1.31. The van der Waals surface area contributed by atoms with E-state index in [1.54, 1.807) is 18.5 Å². The van der Waals surface area contributed by atoms with Crippen LogP contribution in [-0.4, -0.2) is 29.9 Å². The molecule has 0 aliphatic rings. The van der Waals surface area contributed by atoms with E-state index >= 15 is 0 Å². The molecule has 1 aromatic carbocycles. The second kappa shape index (κ2) is 9.83. The monoisotopic (exact) mass is 508 g/mol. The van der Waals surface area contributed by atoms with Crippen molar-refractivity contribution < 1.29 is 19.5 Å². The van der Waals surface area contributed by atoms with Gasteiger partial charge in [-0.2, -0.15) is 6.41 Å². The first-order valence-corrected chi connectivity index (χ1v) is 5.14. The SMILES string of the molecule is CC(Cc1ccc(C(N)=O)cc1)N[C-]=O.O=CO.[Fm]. The molecule has 19 heavy (non-hydrogen) atoms. The maximum absolute atomic E-state index is 10.8. The van der Waals surface area contributed by atoms with Crippen LogP contribution in [0.3, 0.4) is 0 Å². The maximum Gasteiger partial charge on any atom is 0.290 e. The van der Waals surface area contributed by atoms with E-state index in [0.717, 1.165) is 5.56 Å². The van der Waals surface area contributed by atoms with Crippen molar-refractivity contribution in [2.45, 2.75) is 19.4 Å². The van der Waals surface area contributed by atoms with Gasteiger partial charge in [0.1, 0.15) is 0 Å². The fraction of sp³-hybridized carbons (Fsp3) is 0.250. The second-order valence-electron chi connectivity index (χ2n) is 3.52. The van der Waals surface area contributed by atoms with Gasteiger partial charge >= 0.3 is 0 Å². The predicted octanol–water partition coefficient (Wildman–Crippen LogP) is 0.0741. The number of amides is 2. The largest absolute Gasteiger partial charge is 0.527 e. The molecule has 0 heterocycles. The molecule has 0 saturated heterocycles. The molecule has 0 aromatic heterocycles. The molecule has 1 rings (SSSR count). The number of nitrogens with one attached hydrogen (secondary N) is 1. The van der Waals surface area contributed by atoms with Crippen molar-refractivity contribution in [3.05, 3.63) is 35.4 Å². The molecular formula is C12H15FmN2O4-. The molecule has 1 atom stereocenters. The summed E-state index contributed by atoms with van der Waals surface area (Å²) in [7, 11) is 0. The van der Waals surface area contributed by atoms with Gasteiger partial charge in [0.2, 0.25) is 5.91 Å². The fourth-order valence-corrected chi connectivity index (χ4v) is 1.31. The molecule has 6 nitrogen and oxygen atoms in total. The van der Waals surface area contributed by atoms with Gasteiger partial charge < -0.3 is 21.0 Å². The molecule has 1 aromatic rings. The molecule has 110 valence electrons. The Kier molecular flexibility index (Phi) is 9.31. The van der Waals surface area contributed by atoms with Crippen LogP contribution in [0.2, 0.25) is 0 Å². The number of carboxylic acid groups (broad SMARTS) is 1. The Balaban J connectivity index is 0. The first kappa shape index (κ1) is 18.0. The molecule has 0 aliphatic heterocycles. The van der Waals surface area contributed by atoms with Gasteiger partial charge in [-0.1, -0.05) is 12.1 Å². The average molecular weight is 508 g/mol. The van der Waals surface area contributed by atoms with E-state index in [1.807, 2.05) is 19.1 Å². The van der Waals surface area contributed by atoms with Crippen LogP contribution >= 0.6 is 0 Å². The Morgan fingerprint density at radius 3 is 2.32 bits per heavy atom. The molecule has 0 bridgehead atoms. The summed E-state index contributed by atoms with van der Waals surface area (Å²) in [6.45, 7) is 1.63. The Morgan fingerprint density at radius 1 is 1.47 bits per heavy atom. The predicted molar refractivity (Wildman–Crippen MR) is 65.6 cm³/mol. The number of benzene rings is 1. The summed E-state index contributed by atoms with van der Waals surface area (Å²) in [4.78, 5) is 29.2. The molecule has 1 unspecified atom stereocenters. The van der Waals surface area contributed by atoms with Crippen molar-refractivity contribution in [2.24, 2.45) is 5.73 Å². The molecule has 0 spiro atoms. The van der Waals surface area contributed by atoms with Crippen molar-refractivity contribution in [3.8, 4) is 0 Å². The summed E-state index contributed by atoms with van der Waals surface area (Å²) < 4.78 is 0. The summed E-state index contributed by atoms with van der Waals surface area (Å²) in [5, 5.41) is 9.42. The van der Waals surface area contributed by atoms with E-state index in [1.165, 1.54) is 0 Å². The van der Waals surface area contributed by atoms with Crippen molar-refractivity contribution in [2.75, 3.05) is 0 Å². The van der Waals surface area contributed by atoms with Gasteiger partial charge in [0, 0.05) is 5.56 Å². The van der Waals surface area contributed by atoms with Crippen molar-refractivity contribution in [3.63, 3.8) is 0 Å². The van der Waals surface area contributed by atoms with Crippen LogP contribution < -0.4 is 11.1 Å². The molecule has 0 radical (unpaired) electrons. The molecule has 2 amide bonds. The average Bonchev–Trinajstić information content (AvgIpc) is 2.31. The number of hydrogen-bond acceptors (Lipinski definition) is 3. The minimum Gasteiger partial charge on any atom is -0.527 e. The number of carbonyl (C=O) groups is 2. The van der Waals surface area contributed by atoms with Gasteiger partial charge in [0.25, 0.3) is 6.47 Å². The topological polar surface area (TPSA) is 109 Å². The van der Waals surface area contributed by atoms with Gasteiger partial charge in [-0.05, 0) is 37.1 Å². The zero-order valence-electron chi connectivity index (χ0n) is 10.2. The Labute approximate surface area is 105 Å². The standard InChI is InChI=1S/C11H13N2O2.CH2O2.Fm/c1-8(13-7-14)6-9-2-4-10(5-3-9)11(12)15;2-1-3;/h2-5,8H,6H2,1H3,(H2,12,15)(H,13,14);1H,(H,2,3);/q-1;;. The quantitative estimate of drug-likeness (QED) is 0.297. The van der Waals surface area contributed by atoms with E-state index in [9.17, 15) is 9.59 Å². The minimum absolute atomic E-state index is 0. The van der Waals surface area contributed by atoms with E-state index in [-0.39, 0.29) is 12.5 Å². The van der Waals surface area contributed by atoms with Gasteiger partial charge in [-0.15, -0.1) is 0 Å². The molecule has 0 saturated carbocycles. The smallest absolute Gasteiger partial charge is 0.290 e. The molecule has 0 fully saturated rings. The summed E-state index contributed by atoms with van der Waals surface area (Å²) in [6.07, 6.45) is 2.35. The zero-order valence-corrected chi connectivity index (χ0v) is 12.6. The molecule has 0 aliphatic carbocycles. The van der Waals surface area contributed by atoms with Crippen molar-refractivity contribution in [1.82, 2.24) is 5.32 Å². The van der Waals surface area contributed by atoms with Crippen LogP contribution in [-0.2, 0) is 16.0 Å². The van der Waals surface area contributed by atoms with Crippen LogP contribution in [0.4, 0.5) is 0 Å². The van der Waals surface area contributed by atoms with Crippen molar-refractivity contribution >= 4 is 18.8 Å². The maximum atomic E-state index is 10.8. The number of primary amides is 1. The van der Waals surface area contributed by atoms with E-state index in [4.69, 9.17) is 15.6 Å². The molecule has 4 N–H and O–H groups in total. The number of carbonyl (C=O) groups excluding carboxylic acids is 2. The third kappa shape index (κ3) is 7.51. The molecule has 7 heteroatoms. The van der Waals surface area contributed by atoms with E-state index in [2.05, 4.69) is 5.32 Å². The van der Waals surface area contributed by atoms with Gasteiger partial charge in [0.05, 0.1) is 0 Å². The normalized spacial score (nSPS) is 9.95.